The Balaban J connectivity index is 1.39. The molecule has 0 unspecified atom stereocenters. The van der Waals surface area contributed by atoms with Crippen LogP contribution in [0.2, 0.25) is 5.02 Å². The van der Waals surface area contributed by atoms with E-state index in [9.17, 15) is 9.90 Å². The molecule has 1 aromatic heterocycles. The predicted molar refractivity (Wildman–Crippen MR) is 180 cm³/mol. The van der Waals surface area contributed by atoms with Crippen LogP contribution < -0.4 is 10.2 Å². The van der Waals surface area contributed by atoms with Crippen LogP contribution in [0.4, 0.5) is 21.0 Å². The average molecular weight is 653 g/mol. The lowest BCUT2D eigenvalue weighted by atomic mass is 9.96. The molecule has 2 aliphatic rings. The first-order valence-electron chi connectivity index (χ1n) is 15.1. The standard InChI is InChI=1S/C33H38ClFN6O3S/c1-33(2,3)44-32(43)36-20-10-12-45(13-11-20)39-30-25-16-26(34)27(24-15-22(42)14-19-8-6-7-9-23(19)24)28(35)29(25)37-31(38-30)41-17-21(18-41)40(4)5/h6-9,14-16,20-21,42H,10-13,17-18H2,1-5H3,(H,36,43). The first kappa shape index (κ1) is 31.4. The first-order chi connectivity index (χ1) is 21.4. The maximum absolute atomic E-state index is 16.7. The number of phenols is 1. The molecule has 0 aliphatic carbocycles. The molecule has 0 bridgehead atoms. The number of anilines is 1. The van der Waals surface area contributed by atoms with E-state index >= 15 is 4.39 Å². The van der Waals surface area contributed by atoms with Crippen molar-refractivity contribution >= 4 is 61.8 Å². The minimum atomic E-state index is -0.577. The zero-order chi connectivity index (χ0) is 32.0. The second kappa shape index (κ2) is 12.3. The molecule has 2 saturated heterocycles. The van der Waals surface area contributed by atoms with Crippen molar-refractivity contribution in [1.29, 1.82) is 0 Å². The van der Waals surface area contributed by atoms with E-state index in [-0.39, 0.29) is 38.6 Å². The number of rotatable bonds is 5. The van der Waals surface area contributed by atoms with Crippen molar-refractivity contribution in [3.8, 4) is 16.9 Å². The summed E-state index contributed by atoms with van der Waals surface area (Å²) in [6.07, 6.45) is 1.09. The molecule has 2 aliphatic heterocycles. The van der Waals surface area contributed by atoms with Gasteiger partial charge in [-0.25, -0.2) is 18.5 Å². The van der Waals surface area contributed by atoms with Gasteiger partial charge in [0.1, 0.15) is 16.9 Å². The minimum absolute atomic E-state index is 0.00659. The van der Waals surface area contributed by atoms with Crippen LogP contribution in [0.1, 0.15) is 33.6 Å². The number of amides is 1. The topological polar surface area (TPSA) is 103 Å². The lowest BCUT2D eigenvalue weighted by molar-refractivity contribution is 0.0501. The molecule has 1 amide bonds. The van der Waals surface area contributed by atoms with Crippen LogP contribution in [0.25, 0.3) is 32.8 Å². The van der Waals surface area contributed by atoms with Crippen LogP contribution in [-0.4, -0.2) is 82.4 Å². The summed E-state index contributed by atoms with van der Waals surface area (Å²) < 4.78 is 27.2. The number of hydrogen-bond acceptors (Lipinski definition) is 8. The number of hydrogen-bond donors (Lipinski definition) is 2. The summed E-state index contributed by atoms with van der Waals surface area (Å²) in [5.74, 6) is 1.81. The Morgan fingerprint density at radius 2 is 1.84 bits per heavy atom. The predicted octanol–water partition coefficient (Wildman–Crippen LogP) is 6.82. The average Bonchev–Trinajstić information content (AvgIpc) is 2.92. The van der Waals surface area contributed by atoms with Gasteiger partial charge in [-0.3, -0.25) is 0 Å². The number of nitrogens with one attached hydrogen (secondary N) is 1. The minimum Gasteiger partial charge on any atom is -0.508 e. The Bertz CT molecular complexity index is 1810. The van der Waals surface area contributed by atoms with Crippen molar-refractivity contribution in [2.24, 2.45) is 4.36 Å². The number of likely N-dealkylation sites (N-methyl/N-ethyl adjacent to an activating group) is 1. The van der Waals surface area contributed by atoms with Gasteiger partial charge in [0.25, 0.3) is 0 Å². The third kappa shape index (κ3) is 6.71. The van der Waals surface area contributed by atoms with Gasteiger partial charge in [-0.05, 0) is 82.2 Å². The molecule has 4 aromatic rings. The van der Waals surface area contributed by atoms with Crippen LogP contribution in [-0.2, 0) is 15.4 Å². The molecule has 12 heteroatoms. The molecule has 0 atom stereocenters. The van der Waals surface area contributed by atoms with E-state index in [4.69, 9.17) is 30.7 Å². The zero-order valence-electron chi connectivity index (χ0n) is 26.1. The van der Waals surface area contributed by atoms with Crippen LogP contribution in [0.15, 0.2) is 46.8 Å². The molecule has 3 heterocycles. The lowest BCUT2D eigenvalue weighted by Crippen LogP contribution is -2.58. The van der Waals surface area contributed by atoms with E-state index in [1.807, 2.05) is 64.0 Å². The number of nitrogens with zero attached hydrogens (tertiary/aromatic N) is 5. The highest BCUT2D eigenvalue weighted by Gasteiger charge is 2.32. The fourth-order valence-electron chi connectivity index (χ4n) is 5.71. The smallest absolute Gasteiger partial charge is 0.407 e. The molecule has 0 radical (unpaired) electrons. The molecule has 2 N–H and O–H groups in total. The second-order valence-electron chi connectivity index (χ2n) is 12.9. The van der Waals surface area contributed by atoms with Gasteiger partial charge in [0.2, 0.25) is 5.95 Å². The second-order valence-corrected chi connectivity index (χ2v) is 15.2. The summed E-state index contributed by atoms with van der Waals surface area (Å²) in [5.41, 5.74) is 0.252. The fraction of sp³-hybridized carbons (Fsp3) is 0.424. The monoisotopic (exact) mass is 652 g/mol. The molecule has 2 fully saturated rings. The van der Waals surface area contributed by atoms with Gasteiger partial charge in [0.15, 0.2) is 11.6 Å². The summed E-state index contributed by atoms with van der Waals surface area (Å²) in [5, 5.41) is 15.6. The highest BCUT2D eigenvalue weighted by Crippen LogP contribution is 2.42. The number of halogens is 2. The van der Waals surface area contributed by atoms with E-state index in [0.717, 1.165) is 48.2 Å². The fourth-order valence-corrected chi connectivity index (χ4v) is 7.89. The molecule has 6 rings (SSSR count). The normalized spacial score (nSPS) is 19.2. The van der Waals surface area contributed by atoms with Gasteiger partial charge >= 0.3 is 6.09 Å². The van der Waals surface area contributed by atoms with Crippen LogP contribution in [0.5, 0.6) is 5.75 Å². The number of benzene rings is 3. The number of phenolic OH excluding ortho intramolecular Hbond substituents is 1. The van der Waals surface area contributed by atoms with E-state index in [1.165, 1.54) is 6.07 Å². The number of alkyl carbamates (subject to hydrolysis) is 1. The maximum Gasteiger partial charge on any atom is 0.407 e. The summed E-state index contributed by atoms with van der Waals surface area (Å²) >= 11 is 6.83. The maximum atomic E-state index is 16.7. The van der Waals surface area contributed by atoms with Crippen LogP contribution in [0, 0.1) is 5.82 Å². The van der Waals surface area contributed by atoms with Crippen molar-refractivity contribution in [2.75, 3.05) is 43.6 Å². The zero-order valence-corrected chi connectivity index (χ0v) is 27.7. The highest BCUT2D eigenvalue weighted by atomic mass is 35.5. The summed E-state index contributed by atoms with van der Waals surface area (Å²) in [6.45, 7) is 6.97. The number of fused-ring (bicyclic) bond motifs is 2. The summed E-state index contributed by atoms with van der Waals surface area (Å²) in [6, 6.07) is 12.7. The van der Waals surface area contributed by atoms with Gasteiger partial charge in [-0.2, -0.15) is 4.98 Å². The lowest BCUT2D eigenvalue weighted by Gasteiger charge is -2.42. The molecule has 238 valence electrons. The van der Waals surface area contributed by atoms with Crippen molar-refractivity contribution in [3.63, 3.8) is 0 Å². The van der Waals surface area contributed by atoms with E-state index in [1.54, 1.807) is 12.1 Å². The van der Waals surface area contributed by atoms with E-state index < -0.39 is 17.5 Å². The Labute approximate surface area is 269 Å². The molecule has 0 spiro atoms. The Hall–Kier alpha value is -3.54. The molecular weight excluding hydrogens is 615 g/mol. The molecule has 9 nitrogen and oxygen atoms in total. The molecule has 0 saturated carbocycles. The van der Waals surface area contributed by atoms with Crippen molar-refractivity contribution in [1.82, 2.24) is 20.2 Å². The molecule has 3 aromatic carbocycles. The van der Waals surface area contributed by atoms with Crippen molar-refractivity contribution in [2.45, 2.75) is 51.3 Å². The molecular formula is C33H38ClFN6O3S. The van der Waals surface area contributed by atoms with Crippen molar-refractivity contribution < 1.29 is 19.0 Å². The largest absolute Gasteiger partial charge is 0.508 e. The van der Waals surface area contributed by atoms with E-state index in [2.05, 4.69) is 10.2 Å². The summed E-state index contributed by atoms with van der Waals surface area (Å²) in [4.78, 5) is 26.1. The van der Waals surface area contributed by atoms with Gasteiger partial charge in [0, 0.05) is 42.2 Å². The number of ether oxygens (including phenoxy) is 1. The number of aromatic nitrogens is 2. The Morgan fingerprint density at radius 3 is 2.53 bits per heavy atom. The highest BCUT2D eigenvalue weighted by molar-refractivity contribution is 7.87. The SMILES string of the molecule is CN(C)C1CN(c2nc(N=S3CCC(NC(=O)OC(C)(C)C)CC3)c3cc(Cl)c(-c4cc(O)cc5ccccc45)c(F)c3n2)C1. The first-order valence-corrected chi connectivity index (χ1v) is 17.0. The molecule has 45 heavy (non-hydrogen) atoms. The van der Waals surface area contributed by atoms with Gasteiger partial charge in [-0.1, -0.05) is 46.6 Å². The van der Waals surface area contributed by atoms with Crippen LogP contribution in [0.3, 0.4) is 0 Å². The quantitative estimate of drug-likeness (QED) is 0.244. The third-order valence-electron chi connectivity index (χ3n) is 8.18. The van der Waals surface area contributed by atoms with E-state index in [0.29, 0.717) is 28.8 Å². The van der Waals surface area contributed by atoms with Crippen LogP contribution >= 0.6 is 11.6 Å². The Kier molecular flexibility index (Phi) is 8.62. The number of aromatic hydroxyl groups is 1. The van der Waals surface area contributed by atoms with Crippen molar-refractivity contribution in [3.05, 3.63) is 53.3 Å². The van der Waals surface area contributed by atoms with Gasteiger partial charge < -0.3 is 25.0 Å². The Morgan fingerprint density at radius 1 is 1.13 bits per heavy atom. The number of carbonyl (C=O) groups excluding carboxylic acids is 1. The summed E-state index contributed by atoms with van der Waals surface area (Å²) in [7, 11) is 3.68. The third-order valence-corrected chi connectivity index (χ3v) is 10.3. The number of carbonyl (C=O) groups is 1. The van der Waals surface area contributed by atoms with Gasteiger partial charge in [0.05, 0.1) is 10.4 Å². The van der Waals surface area contributed by atoms with Gasteiger partial charge in [-0.15, -0.1) is 0 Å².